The van der Waals surface area contributed by atoms with E-state index in [-0.39, 0.29) is 11.9 Å². The Kier molecular flexibility index (Phi) is 2.37. The molecule has 4 rings (SSSR count). The van der Waals surface area contributed by atoms with Crippen LogP contribution in [0, 0.1) is 0 Å². The van der Waals surface area contributed by atoms with Crippen LogP contribution in [0.1, 0.15) is 21.6 Å². The van der Waals surface area contributed by atoms with Gasteiger partial charge in [-0.05, 0) is 18.2 Å². The van der Waals surface area contributed by atoms with E-state index in [2.05, 4.69) is 25.4 Å². The number of H-pyrrole nitrogens is 1. The molecular weight excluding hydrogens is 270 g/mol. The number of nitrogens with two attached hydrogens (primary N) is 1. The maximum absolute atomic E-state index is 12.6. The van der Waals surface area contributed by atoms with Crippen LogP contribution in [0.5, 0.6) is 0 Å². The second-order valence-corrected chi connectivity index (χ2v) is 4.89. The van der Waals surface area contributed by atoms with Gasteiger partial charge in [-0.15, -0.1) is 0 Å². The highest BCUT2D eigenvalue weighted by molar-refractivity contribution is 5.97. The molecule has 0 fully saturated rings. The molecule has 3 heterocycles. The van der Waals surface area contributed by atoms with E-state index < -0.39 is 0 Å². The number of benzene rings is 1. The molecule has 1 aromatic carbocycles. The Balaban J connectivity index is 1.64. The van der Waals surface area contributed by atoms with Crippen LogP contribution in [0.2, 0.25) is 0 Å². The number of nitrogen functional groups attached to an aromatic ring is 1. The van der Waals surface area contributed by atoms with Crippen molar-refractivity contribution in [3.63, 3.8) is 0 Å². The molecule has 1 amide bonds. The lowest BCUT2D eigenvalue weighted by molar-refractivity contribution is 0.0750. The van der Waals surface area contributed by atoms with Gasteiger partial charge in [-0.3, -0.25) is 4.79 Å². The summed E-state index contributed by atoms with van der Waals surface area (Å²) in [4.78, 5) is 22.4. The molecule has 104 valence electrons. The summed E-state index contributed by atoms with van der Waals surface area (Å²) in [5.74, 6) is 0.156. The zero-order chi connectivity index (χ0) is 14.4. The number of fused-ring (bicyclic) bond motifs is 2. The van der Waals surface area contributed by atoms with Crippen molar-refractivity contribution in [1.82, 2.24) is 30.3 Å². The summed E-state index contributed by atoms with van der Waals surface area (Å²) >= 11 is 0. The molecule has 21 heavy (non-hydrogen) atoms. The predicted molar refractivity (Wildman–Crippen MR) is 73.9 cm³/mol. The summed E-state index contributed by atoms with van der Waals surface area (Å²) in [6.07, 6.45) is 1.67. The van der Waals surface area contributed by atoms with E-state index in [9.17, 15) is 4.79 Å². The molecule has 0 unspecified atom stereocenters. The summed E-state index contributed by atoms with van der Waals surface area (Å²) in [6.45, 7) is 0.934. The van der Waals surface area contributed by atoms with Crippen LogP contribution in [-0.4, -0.2) is 36.2 Å². The van der Waals surface area contributed by atoms with Gasteiger partial charge in [0.2, 0.25) is 5.95 Å². The molecule has 3 aromatic rings. The number of carbonyl (C=O) groups is 1. The fourth-order valence-electron chi connectivity index (χ4n) is 2.47. The maximum Gasteiger partial charge on any atom is 0.254 e. The lowest BCUT2D eigenvalue weighted by Gasteiger charge is -2.14. The number of anilines is 1. The summed E-state index contributed by atoms with van der Waals surface area (Å²) < 4.78 is 0. The Morgan fingerprint density at radius 2 is 2.10 bits per heavy atom. The third-order valence-electron chi connectivity index (χ3n) is 3.53. The third-order valence-corrected chi connectivity index (χ3v) is 3.53. The molecule has 1 aliphatic heterocycles. The third kappa shape index (κ3) is 1.88. The Labute approximate surface area is 119 Å². The SMILES string of the molecule is Nc1ncc2c(n1)CN(C(=O)c1ccc3n[nH]nc3c1)C2. The minimum Gasteiger partial charge on any atom is -0.368 e. The van der Waals surface area contributed by atoms with Gasteiger partial charge in [-0.1, -0.05) is 0 Å². The first-order chi connectivity index (χ1) is 10.2. The monoisotopic (exact) mass is 281 g/mol. The van der Waals surface area contributed by atoms with Gasteiger partial charge in [0.25, 0.3) is 5.91 Å². The smallest absolute Gasteiger partial charge is 0.254 e. The molecule has 0 saturated carbocycles. The number of nitrogens with zero attached hydrogens (tertiary/aromatic N) is 5. The predicted octanol–water partition coefficient (Wildman–Crippen LogP) is 0.486. The molecule has 0 aliphatic carbocycles. The Bertz CT molecular complexity index is 857. The summed E-state index contributed by atoms with van der Waals surface area (Å²) in [5, 5.41) is 10.5. The van der Waals surface area contributed by atoms with Crippen LogP contribution in [0.3, 0.4) is 0 Å². The van der Waals surface area contributed by atoms with Crippen molar-refractivity contribution < 1.29 is 4.79 Å². The largest absolute Gasteiger partial charge is 0.368 e. The van der Waals surface area contributed by atoms with Crippen molar-refractivity contribution >= 4 is 22.9 Å². The normalized spacial score (nSPS) is 13.6. The van der Waals surface area contributed by atoms with Gasteiger partial charge in [-0.2, -0.15) is 15.4 Å². The van der Waals surface area contributed by atoms with E-state index in [0.717, 1.165) is 16.8 Å². The van der Waals surface area contributed by atoms with Crippen LogP contribution in [0.4, 0.5) is 5.95 Å². The number of nitrogens with one attached hydrogen (secondary N) is 1. The van der Waals surface area contributed by atoms with E-state index in [1.807, 2.05) is 0 Å². The van der Waals surface area contributed by atoms with Crippen molar-refractivity contribution in [2.45, 2.75) is 13.1 Å². The van der Waals surface area contributed by atoms with Crippen LogP contribution >= 0.6 is 0 Å². The van der Waals surface area contributed by atoms with Gasteiger partial charge in [0.05, 0.1) is 12.2 Å². The standard InChI is InChI=1S/C13H11N7O/c14-13-15-4-8-5-20(6-11(8)16-13)12(21)7-1-2-9-10(3-7)18-19-17-9/h1-4H,5-6H2,(H2,14,15,16)(H,17,18,19). The van der Waals surface area contributed by atoms with Crippen LogP contribution in [-0.2, 0) is 13.1 Å². The van der Waals surface area contributed by atoms with Gasteiger partial charge in [0.1, 0.15) is 11.0 Å². The van der Waals surface area contributed by atoms with Gasteiger partial charge in [-0.25, -0.2) is 9.97 Å². The molecule has 2 aromatic heterocycles. The molecular formula is C13H11N7O. The minimum absolute atomic E-state index is 0.0727. The van der Waals surface area contributed by atoms with E-state index in [4.69, 9.17) is 5.73 Å². The summed E-state index contributed by atoms with van der Waals surface area (Å²) in [5.41, 5.74) is 9.28. The van der Waals surface area contributed by atoms with Gasteiger partial charge in [0, 0.05) is 23.9 Å². The van der Waals surface area contributed by atoms with Crippen LogP contribution in [0.25, 0.3) is 11.0 Å². The van der Waals surface area contributed by atoms with E-state index in [0.29, 0.717) is 24.2 Å². The maximum atomic E-state index is 12.6. The minimum atomic E-state index is -0.0727. The highest BCUT2D eigenvalue weighted by atomic mass is 16.2. The topological polar surface area (TPSA) is 114 Å². The number of aromatic amines is 1. The molecule has 3 N–H and O–H groups in total. The number of hydrogen-bond acceptors (Lipinski definition) is 6. The van der Waals surface area contributed by atoms with Crippen LogP contribution < -0.4 is 5.73 Å². The number of carbonyl (C=O) groups excluding carboxylic acids is 1. The first-order valence-electron chi connectivity index (χ1n) is 6.41. The average molecular weight is 281 g/mol. The van der Waals surface area contributed by atoms with Crippen LogP contribution in [0.15, 0.2) is 24.4 Å². The zero-order valence-corrected chi connectivity index (χ0v) is 10.9. The van der Waals surface area contributed by atoms with E-state index in [1.165, 1.54) is 0 Å². The fraction of sp³-hybridized carbons (Fsp3) is 0.154. The van der Waals surface area contributed by atoms with Crippen molar-refractivity contribution in [2.75, 3.05) is 5.73 Å². The molecule has 0 bridgehead atoms. The second-order valence-electron chi connectivity index (χ2n) is 4.89. The fourth-order valence-corrected chi connectivity index (χ4v) is 2.47. The Hall–Kier alpha value is -3.03. The first kappa shape index (κ1) is 11.8. The molecule has 0 spiro atoms. The quantitative estimate of drug-likeness (QED) is 0.671. The average Bonchev–Trinajstić information content (AvgIpc) is 3.11. The number of rotatable bonds is 1. The number of amides is 1. The zero-order valence-electron chi connectivity index (χ0n) is 10.9. The summed E-state index contributed by atoms with van der Waals surface area (Å²) in [6, 6.07) is 5.24. The lowest BCUT2D eigenvalue weighted by atomic mass is 10.2. The van der Waals surface area contributed by atoms with Gasteiger partial charge >= 0.3 is 0 Å². The molecule has 0 saturated heterocycles. The summed E-state index contributed by atoms with van der Waals surface area (Å²) in [7, 11) is 0. The number of hydrogen-bond donors (Lipinski definition) is 2. The van der Waals surface area contributed by atoms with Crippen molar-refractivity contribution in [3.05, 3.63) is 41.2 Å². The second kappa shape index (κ2) is 4.23. The molecule has 8 heteroatoms. The van der Waals surface area contributed by atoms with Crippen molar-refractivity contribution in [3.8, 4) is 0 Å². The molecule has 0 atom stereocenters. The first-order valence-corrected chi connectivity index (χ1v) is 6.41. The highest BCUT2D eigenvalue weighted by Crippen LogP contribution is 2.23. The van der Waals surface area contributed by atoms with Crippen molar-refractivity contribution in [1.29, 1.82) is 0 Å². The Morgan fingerprint density at radius 3 is 3.00 bits per heavy atom. The van der Waals surface area contributed by atoms with E-state index in [1.54, 1.807) is 29.3 Å². The van der Waals surface area contributed by atoms with E-state index >= 15 is 0 Å². The highest BCUT2D eigenvalue weighted by Gasteiger charge is 2.26. The number of aromatic nitrogens is 5. The van der Waals surface area contributed by atoms with Gasteiger partial charge in [0.15, 0.2) is 0 Å². The molecule has 8 nitrogen and oxygen atoms in total. The van der Waals surface area contributed by atoms with Crippen molar-refractivity contribution in [2.24, 2.45) is 0 Å². The Morgan fingerprint density at radius 1 is 1.24 bits per heavy atom. The lowest BCUT2D eigenvalue weighted by Crippen LogP contribution is -2.25. The molecule has 0 radical (unpaired) electrons. The molecule has 1 aliphatic rings. The van der Waals surface area contributed by atoms with Gasteiger partial charge < -0.3 is 10.6 Å².